The van der Waals surface area contributed by atoms with Gasteiger partial charge in [0.25, 0.3) is 0 Å². The second-order valence-electron chi connectivity index (χ2n) is 5.29. The number of carboxylic acid groups (broad SMARTS) is 1. The molecular formula is C18H16N2O2. The number of carbonyl (C=O) groups is 1. The number of benzene rings is 2. The lowest BCUT2D eigenvalue weighted by Gasteiger charge is -2.13. The Labute approximate surface area is 128 Å². The number of carboxylic acids is 1. The van der Waals surface area contributed by atoms with Crippen molar-refractivity contribution in [2.24, 2.45) is 0 Å². The molecule has 3 aromatic rings. The highest BCUT2D eigenvalue weighted by Gasteiger charge is 2.08. The molecule has 0 radical (unpaired) electrons. The third kappa shape index (κ3) is 2.51. The minimum absolute atomic E-state index is 0.275. The molecule has 3 rings (SSSR count). The summed E-state index contributed by atoms with van der Waals surface area (Å²) in [7, 11) is 0. The summed E-state index contributed by atoms with van der Waals surface area (Å²) < 4.78 is 0. The molecule has 2 aromatic carbocycles. The van der Waals surface area contributed by atoms with Crippen molar-refractivity contribution in [1.29, 1.82) is 0 Å². The molecule has 0 bridgehead atoms. The number of aryl methyl sites for hydroxylation is 2. The van der Waals surface area contributed by atoms with Crippen LogP contribution in [0.25, 0.3) is 10.9 Å². The summed E-state index contributed by atoms with van der Waals surface area (Å²) in [5.74, 6) is -0.924. The van der Waals surface area contributed by atoms with Gasteiger partial charge in [-0.3, -0.25) is 4.98 Å². The predicted molar refractivity (Wildman–Crippen MR) is 87.9 cm³/mol. The minimum atomic E-state index is -0.924. The van der Waals surface area contributed by atoms with Gasteiger partial charge in [-0.15, -0.1) is 0 Å². The van der Waals surface area contributed by atoms with Crippen molar-refractivity contribution in [2.45, 2.75) is 13.8 Å². The largest absolute Gasteiger partial charge is 0.478 e. The van der Waals surface area contributed by atoms with Crippen LogP contribution >= 0.6 is 0 Å². The highest BCUT2D eigenvalue weighted by molar-refractivity contribution is 5.97. The predicted octanol–water partition coefficient (Wildman–Crippen LogP) is 4.29. The molecule has 0 aliphatic heterocycles. The quantitative estimate of drug-likeness (QED) is 0.755. The number of fused-ring (bicyclic) bond motifs is 1. The van der Waals surface area contributed by atoms with Crippen LogP contribution in [-0.2, 0) is 0 Å². The van der Waals surface area contributed by atoms with Crippen molar-refractivity contribution in [3.05, 3.63) is 65.4 Å². The molecule has 22 heavy (non-hydrogen) atoms. The zero-order valence-corrected chi connectivity index (χ0v) is 12.4. The molecule has 0 aliphatic rings. The number of rotatable bonds is 3. The summed E-state index contributed by atoms with van der Waals surface area (Å²) in [4.78, 5) is 15.4. The molecule has 1 aromatic heterocycles. The number of aromatic carboxylic acids is 1. The Hall–Kier alpha value is -2.88. The van der Waals surface area contributed by atoms with Gasteiger partial charge in [0.05, 0.1) is 11.1 Å². The molecule has 1 heterocycles. The van der Waals surface area contributed by atoms with Gasteiger partial charge in [-0.05, 0) is 55.3 Å². The van der Waals surface area contributed by atoms with Crippen molar-refractivity contribution in [3.63, 3.8) is 0 Å². The lowest BCUT2D eigenvalue weighted by molar-refractivity contribution is 0.0697. The maximum Gasteiger partial charge on any atom is 0.335 e. The van der Waals surface area contributed by atoms with Crippen LogP contribution < -0.4 is 5.32 Å². The van der Waals surface area contributed by atoms with E-state index < -0.39 is 5.97 Å². The molecule has 0 spiro atoms. The number of hydrogen-bond donors (Lipinski definition) is 2. The van der Waals surface area contributed by atoms with E-state index in [1.54, 1.807) is 30.5 Å². The Morgan fingerprint density at radius 2 is 1.68 bits per heavy atom. The van der Waals surface area contributed by atoms with E-state index in [1.807, 2.05) is 13.0 Å². The summed E-state index contributed by atoms with van der Waals surface area (Å²) in [5, 5.41) is 13.4. The van der Waals surface area contributed by atoms with Crippen molar-refractivity contribution >= 4 is 28.2 Å². The SMILES string of the molecule is Cc1ccc(C)c2c(Nc3ccc(C(=O)O)cc3)ccnc12. The first-order valence-corrected chi connectivity index (χ1v) is 7.01. The van der Waals surface area contributed by atoms with Crippen molar-refractivity contribution in [3.8, 4) is 0 Å². The standard InChI is InChI=1S/C18H16N2O2/c1-11-3-4-12(2)17-16(11)15(9-10-19-17)20-14-7-5-13(6-8-14)18(21)22/h3-10H,1-2H3,(H,19,20)(H,21,22). The zero-order valence-electron chi connectivity index (χ0n) is 12.4. The summed E-state index contributed by atoms with van der Waals surface area (Å²) in [6.07, 6.45) is 1.78. The Morgan fingerprint density at radius 3 is 2.36 bits per heavy atom. The van der Waals surface area contributed by atoms with Crippen molar-refractivity contribution in [2.75, 3.05) is 5.32 Å². The first-order valence-electron chi connectivity index (χ1n) is 7.01. The van der Waals surface area contributed by atoms with Gasteiger partial charge in [-0.2, -0.15) is 0 Å². The first kappa shape index (κ1) is 14.1. The molecule has 0 fully saturated rings. The summed E-state index contributed by atoms with van der Waals surface area (Å²) in [6, 6.07) is 12.8. The molecule has 110 valence electrons. The lowest BCUT2D eigenvalue weighted by Crippen LogP contribution is -1.98. The van der Waals surface area contributed by atoms with Gasteiger partial charge in [0, 0.05) is 23.0 Å². The van der Waals surface area contributed by atoms with Gasteiger partial charge in [0.15, 0.2) is 0 Å². The minimum Gasteiger partial charge on any atom is -0.478 e. The zero-order chi connectivity index (χ0) is 15.7. The number of aromatic nitrogens is 1. The van der Waals surface area contributed by atoms with E-state index in [4.69, 9.17) is 5.11 Å². The molecule has 0 aliphatic carbocycles. The Balaban J connectivity index is 2.04. The Kier molecular flexibility index (Phi) is 3.51. The van der Waals surface area contributed by atoms with Gasteiger partial charge in [0.2, 0.25) is 0 Å². The molecule has 2 N–H and O–H groups in total. The second-order valence-corrected chi connectivity index (χ2v) is 5.29. The topological polar surface area (TPSA) is 62.2 Å². The summed E-state index contributed by atoms with van der Waals surface area (Å²) >= 11 is 0. The van der Waals surface area contributed by atoms with Crippen LogP contribution in [-0.4, -0.2) is 16.1 Å². The summed E-state index contributed by atoms with van der Waals surface area (Å²) in [6.45, 7) is 4.10. The number of nitrogens with zero attached hydrogens (tertiary/aromatic N) is 1. The van der Waals surface area contributed by atoms with E-state index in [0.717, 1.165) is 33.4 Å². The van der Waals surface area contributed by atoms with Crippen LogP contribution in [0.3, 0.4) is 0 Å². The van der Waals surface area contributed by atoms with Gasteiger partial charge < -0.3 is 10.4 Å². The van der Waals surface area contributed by atoms with E-state index in [2.05, 4.69) is 29.4 Å². The average molecular weight is 292 g/mol. The number of nitrogens with one attached hydrogen (secondary N) is 1. The normalized spacial score (nSPS) is 10.6. The van der Waals surface area contributed by atoms with E-state index in [9.17, 15) is 4.79 Å². The molecule has 0 atom stereocenters. The van der Waals surface area contributed by atoms with Gasteiger partial charge in [0.1, 0.15) is 0 Å². The van der Waals surface area contributed by atoms with Gasteiger partial charge in [-0.1, -0.05) is 12.1 Å². The van der Waals surface area contributed by atoms with Crippen LogP contribution in [0, 0.1) is 13.8 Å². The third-order valence-corrected chi connectivity index (χ3v) is 3.71. The number of hydrogen-bond acceptors (Lipinski definition) is 3. The fourth-order valence-corrected chi connectivity index (χ4v) is 2.53. The van der Waals surface area contributed by atoms with Gasteiger partial charge in [-0.25, -0.2) is 4.79 Å². The average Bonchev–Trinajstić information content (AvgIpc) is 2.52. The van der Waals surface area contributed by atoms with Crippen LogP contribution in [0.15, 0.2) is 48.7 Å². The lowest BCUT2D eigenvalue weighted by atomic mass is 10.0. The second kappa shape index (κ2) is 5.48. The molecular weight excluding hydrogens is 276 g/mol. The maximum absolute atomic E-state index is 10.9. The van der Waals surface area contributed by atoms with Crippen LogP contribution in [0.2, 0.25) is 0 Å². The van der Waals surface area contributed by atoms with E-state index in [-0.39, 0.29) is 5.56 Å². The highest BCUT2D eigenvalue weighted by atomic mass is 16.4. The van der Waals surface area contributed by atoms with Gasteiger partial charge >= 0.3 is 5.97 Å². The van der Waals surface area contributed by atoms with E-state index in [0.29, 0.717) is 0 Å². The fraction of sp³-hybridized carbons (Fsp3) is 0.111. The summed E-state index contributed by atoms with van der Waals surface area (Å²) in [5.41, 5.74) is 5.35. The third-order valence-electron chi connectivity index (χ3n) is 3.71. The molecule has 0 saturated heterocycles. The molecule has 4 nitrogen and oxygen atoms in total. The van der Waals surface area contributed by atoms with Crippen LogP contribution in [0.5, 0.6) is 0 Å². The van der Waals surface area contributed by atoms with E-state index in [1.165, 1.54) is 0 Å². The maximum atomic E-state index is 10.9. The molecule has 4 heteroatoms. The highest BCUT2D eigenvalue weighted by Crippen LogP contribution is 2.29. The Bertz CT molecular complexity index is 855. The van der Waals surface area contributed by atoms with Crippen molar-refractivity contribution in [1.82, 2.24) is 4.98 Å². The number of anilines is 2. The molecule has 0 saturated carbocycles. The first-order chi connectivity index (χ1) is 10.6. The van der Waals surface area contributed by atoms with Crippen LogP contribution in [0.4, 0.5) is 11.4 Å². The monoisotopic (exact) mass is 292 g/mol. The van der Waals surface area contributed by atoms with E-state index >= 15 is 0 Å². The number of pyridine rings is 1. The smallest absolute Gasteiger partial charge is 0.335 e. The van der Waals surface area contributed by atoms with Crippen LogP contribution in [0.1, 0.15) is 21.5 Å². The fourth-order valence-electron chi connectivity index (χ4n) is 2.53. The molecule has 0 amide bonds. The Morgan fingerprint density at radius 1 is 1.00 bits per heavy atom. The van der Waals surface area contributed by atoms with Crippen molar-refractivity contribution < 1.29 is 9.90 Å². The molecule has 0 unspecified atom stereocenters.